The Morgan fingerprint density at radius 2 is 2.10 bits per heavy atom. The Morgan fingerprint density at radius 1 is 1.33 bits per heavy atom. The number of sulfonamides is 1. The summed E-state index contributed by atoms with van der Waals surface area (Å²) in [4.78, 5) is 1.09. The van der Waals surface area contributed by atoms with E-state index in [4.69, 9.17) is 0 Å². The van der Waals surface area contributed by atoms with Gasteiger partial charge in [-0.05, 0) is 30.4 Å². The topological polar surface area (TPSA) is 64.0 Å². The third-order valence-electron chi connectivity index (χ3n) is 3.04. The fraction of sp³-hybridized carbons (Fsp3) is 0.357. The number of nitrogens with one attached hydrogen (secondary N) is 1. The summed E-state index contributed by atoms with van der Waals surface area (Å²) in [5, 5.41) is 4.12. The zero-order valence-electron chi connectivity index (χ0n) is 12.1. The number of rotatable bonds is 7. The van der Waals surface area contributed by atoms with Gasteiger partial charge in [-0.1, -0.05) is 19.1 Å². The molecule has 0 aliphatic heterocycles. The molecule has 114 valence electrons. The zero-order chi connectivity index (χ0) is 15.3. The molecule has 0 spiro atoms. The van der Waals surface area contributed by atoms with Gasteiger partial charge >= 0.3 is 0 Å². The predicted octanol–water partition coefficient (Wildman–Crippen LogP) is 2.22. The summed E-state index contributed by atoms with van der Waals surface area (Å²) in [6, 6.07) is 8.87. The first kappa shape index (κ1) is 16.1. The molecule has 0 bridgehead atoms. The standard InChI is InChI=1S/C14H19N3O2S2/c1-12(11-17-9-5-8-15-17)10-16-21(18,19)14-7-4-3-6-13(14)20-2/h3-9,12,16H,10-11H2,1-2H3/t12-/m0/s1. The maximum Gasteiger partial charge on any atom is 0.241 e. The lowest BCUT2D eigenvalue weighted by Gasteiger charge is -2.14. The second-order valence-electron chi connectivity index (χ2n) is 4.84. The van der Waals surface area contributed by atoms with Gasteiger partial charge in [-0.25, -0.2) is 13.1 Å². The molecule has 0 saturated carbocycles. The molecule has 0 fully saturated rings. The molecule has 1 atom stereocenters. The van der Waals surface area contributed by atoms with E-state index in [-0.39, 0.29) is 5.92 Å². The molecule has 0 unspecified atom stereocenters. The summed E-state index contributed by atoms with van der Waals surface area (Å²) >= 11 is 1.43. The summed E-state index contributed by atoms with van der Waals surface area (Å²) in [6.45, 7) is 3.05. The van der Waals surface area contributed by atoms with Crippen LogP contribution in [0.2, 0.25) is 0 Å². The minimum atomic E-state index is -3.48. The van der Waals surface area contributed by atoms with E-state index in [1.54, 1.807) is 23.0 Å². The van der Waals surface area contributed by atoms with E-state index in [9.17, 15) is 8.42 Å². The monoisotopic (exact) mass is 325 g/mol. The van der Waals surface area contributed by atoms with Crippen molar-refractivity contribution < 1.29 is 8.42 Å². The van der Waals surface area contributed by atoms with Gasteiger partial charge < -0.3 is 0 Å². The fourth-order valence-electron chi connectivity index (χ4n) is 1.96. The highest BCUT2D eigenvalue weighted by molar-refractivity contribution is 7.99. The Balaban J connectivity index is 2.01. The number of nitrogens with zero attached hydrogens (tertiary/aromatic N) is 2. The molecular formula is C14H19N3O2S2. The SMILES string of the molecule is CSc1ccccc1S(=O)(=O)NC[C@H](C)Cn1cccn1. The number of thioether (sulfide) groups is 1. The summed E-state index contributed by atoms with van der Waals surface area (Å²) in [7, 11) is -3.48. The summed E-state index contributed by atoms with van der Waals surface area (Å²) < 4.78 is 29.2. The molecule has 1 aromatic carbocycles. The van der Waals surface area contributed by atoms with Crippen molar-refractivity contribution in [2.45, 2.75) is 23.3 Å². The Bertz CT molecular complexity index is 669. The molecule has 0 saturated heterocycles. The van der Waals surface area contributed by atoms with Crippen LogP contribution < -0.4 is 4.72 Å². The van der Waals surface area contributed by atoms with Crippen LogP contribution in [0.15, 0.2) is 52.5 Å². The minimum absolute atomic E-state index is 0.154. The van der Waals surface area contributed by atoms with E-state index >= 15 is 0 Å². The van der Waals surface area contributed by atoms with E-state index in [0.29, 0.717) is 18.0 Å². The third-order valence-corrected chi connectivity index (χ3v) is 5.45. The largest absolute Gasteiger partial charge is 0.272 e. The molecule has 1 aromatic heterocycles. The molecule has 1 N–H and O–H groups in total. The average molecular weight is 325 g/mol. The molecule has 0 radical (unpaired) electrons. The first-order valence-corrected chi connectivity index (χ1v) is 9.34. The van der Waals surface area contributed by atoms with E-state index < -0.39 is 10.0 Å². The maximum absolute atomic E-state index is 12.4. The van der Waals surface area contributed by atoms with E-state index in [0.717, 1.165) is 4.90 Å². The van der Waals surface area contributed by atoms with Crippen molar-refractivity contribution in [3.63, 3.8) is 0 Å². The first-order chi connectivity index (χ1) is 10.0. The van der Waals surface area contributed by atoms with Crippen LogP contribution in [0.25, 0.3) is 0 Å². The molecule has 0 amide bonds. The first-order valence-electron chi connectivity index (χ1n) is 6.63. The van der Waals surface area contributed by atoms with E-state index in [1.165, 1.54) is 11.8 Å². The number of benzene rings is 1. The van der Waals surface area contributed by atoms with Crippen LogP contribution in [-0.2, 0) is 16.6 Å². The van der Waals surface area contributed by atoms with Gasteiger partial charge in [0.15, 0.2) is 0 Å². The van der Waals surface area contributed by atoms with Crippen LogP contribution in [0.3, 0.4) is 0 Å². The third kappa shape index (κ3) is 4.33. The molecule has 21 heavy (non-hydrogen) atoms. The van der Waals surface area contributed by atoms with Gasteiger partial charge in [-0.2, -0.15) is 5.10 Å². The minimum Gasteiger partial charge on any atom is -0.272 e. The normalized spacial score (nSPS) is 13.2. The highest BCUT2D eigenvalue weighted by Gasteiger charge is 2.18. The molecule has 0 aliphatic rings. The summed E-state index contributed by atoms with van der Waals surface area (Å²) in [6.07, 6.45) is 5.45. The number of hydrogen-bond acceptors (Lipinski definition) is 4. The Morgan fingerprint density at radius 3 is 2.76 bits per heavy atom. The van der Waals surface area contributed by atoms with Gasteiger partial charge in [0.25, 0.3) is 0 Å². The van der Waals surface area contributed by atoms with Crippen LogP contribution >= 0.6 is 11.8 Å². The lowest BCUT2D eigenvalue weighted by Crippen LogP contribution is -2.30. The quantitative estimate of drug-likeness (QED) is 0.793. The van der Waals surface area contributed by atoms with Crippen molar-refractivity contribution in [3.8, 4) is 0 Å². The summed E-state index contributed by atoms with van der Waals surface area (Å²) in [5.74, 6) is 0.154. The lowest BCUT2D eigenvalue weighted by atomic mass is 10.2. The van der Waals surface area contributed by atoms with Gasteiger partial charge in [-0.15, -0.1) is 11.8 Å². The van der Waals surface area contributed by atoms with Crippen LogP contribution in [0.4, 0.5) is 0 Å². The second-order valence-corrected chi connectivity index (χ2v) is 7.42. The van der Waals surface area contributed by atoms with Crippen molar-refractivity contribution in [1.82, 2.24) is 14.5 Å². The molecule has 7 heteroatoms. The van der Waals surface area contributed by atoms with Gasteiger partial charge in [0.2, 0.25) is 10.0 Å². The molecule has 2 rings (SSSR count). The highest BCUT2D eigenvalue weighted by atomic mass is 32.2. The Hall–Kier alpha value is -1.31. The molecule has 5 nitrogen and oxygen atoms in total. The van der Waals surface area contributed by atoms with Crippen molar-refractivity contribution in [1.29, 1.82) is 0 Å². The second kappa shape index (κ2) is 7.11. The van der Waals surface area contributed by atoms with Gasteiger partial charge in [-0.3, -0.25) is 4.68 Å². The van der Waals surface area contributed by atoms with Crippen LogP contribution in [0.1, 0.15) is 6.92 Å². The van der Waals surface area contributed by atoms with Crippen LogP contribution in [-0.4, -0.2) is 31.0 Å². The molecule has 0 aliphatic carbocycles. The molecule has 2 aromatic rings. The van der Waals surface area contributed by atoms with Gasteiger partial charge in [0, 0.05) is 30.4 Å². The smallest absolute Gasteiger partial charge is 0.241 e. The van der Waals surface area contributed by atoms with Crippen LogP contribution in [0, 0.1) is 5.92 Å². The van der Waals surface area contributed by atoms with E-state index in [1.807, 2.05) is 37.6 Å². The average Bonchev–Trinajstić information content (AvgIpc) is 2.98. The predicted molar refractivity (Wildman–Crippen MR) is 84.8 cm³/mol. The van der Waals surface area contributed by atoms with Crippen molar-refractivity contribution in [2.75, 3.05) is 12.8 Å². The Kier molecular flexibility index (Phi) is 5.44. The fourth-order valence-corrected chi connectivity index (χ4v) is 4.28. The summed E-state index contributed by atoms with van der Waals surface area (Å²) in [5.41, 5.74) is 0. The van der Waals surface area contributed by atoms with E-state index in [2.05, 4.69) is 9.82 Å². The van der Waals surface area contributed by atoms with Gasteiger partial charge in [0.05, 0.1) is 4.90 Å². The lowest BCUT2D eigenvalue weighted by molar-refractivity contribution is 0.443. The Labute approximate surface area is 129 Å². The van der Waals surface area contributed by atoms with Crippen molar-refractivity contribution in [3.05, 3.63) is 42.7 Å². The zero-order valence-corrected chi connectivity index (χ0v) is 13.7. The number of hydrogen-bond donors (Lipinski definition) is 1. The molecule has 1 heterocycles. The number of aromatic nitrogens is 2. The van der Waals surface area contributed by atoms with Crippen molar-refractivity contribution in [2.24, 2.45) is 5.92 Å². The highest BCUT2D eigenvalue weighted by Crippen LogP contribution is 2.24. The maximum atomic E-state index is 12.4. The van der Waals surface area contributed by atoms with Crippen molar-refractivity contribution >= 4 is 21.8 Å². The van der Waals surface area contributed by atoms with Crippen LogP contribution in [0.5, 0.6) is 0 Å². The van der Waals surface area contributed by atoms with Gasteiger partial charge in [0.1, 0.15) is 0 Å². The molecular weight excluding hydrogens is 306 g/mol.